The summed E-state index contributed by atoms with van der Waals surface area (Å²) < 4.78 is 27.4. The number of aliphatic hydroxyl groups excluding tert-OH is 1. The topological polar surface area (TPSA) is 70.3 Å². The molecule has 0 aliphatic heterocycles. The first-order valence-electron chi connectivity index (χ1n) is 2.74. The first-order chi connectivity index (χ1) is 5.54. The molecule has 0 radical (unpaired) electrons. The molecule has 0 aliphatic carbocycles. The molecule has 13 heavy (non-hydrogen) atoms. The van der Waals surface area contributed by atoms with Gasteiger partial charge in [-0.3, -0.25) is 0 Å². The van der Waals surface area contributed by atoms with Crippen LogP contribution >= 0.6 is 0 Å². The molecule has 0 spiro atoms. The van der Waals surface area contributed by atoms with Crippen LogP contribution in [0.2, 0.25) is 0 Å². The molecule has 1 N–H and O–H groups in total. The zero-order chi connectivity index (χ0) is 9.72. The van der Waals surface area contributed by atoms with Crippen molar-refractivity contribution in [2.45, 2.75) is 6.43 Å². The van der Waals surface area contributed by atoms with E-state index < -0.39 is 23.7 Å². The van der Waals surface area contributed by atoms with Gasteiger partial charge in [-0.1, -0.05) is 0 Å². The molecule has 4 nitrogen and oxygen atoms in total. The van der Waals surface area contributed by atoms with Crippen molar-refractivity contribution in [2.24, 2.45) is 0 Å². The average molecular weight is 201 g/mol. The second-order valence-corrected chi connectivity index (χ2v) is 1.66. The number of ether oxygens (including phenoxy) is 1. The molecule has 7 heteroatoms. The van der Waals surface area contributed by atoms with Crippen molar-refractivity contribution in [1.82, 2.24) is 0 Å². The molecule has 0 aromatic heterocycles. The van der Waals surface area contributed by atoms with E-state index in [4.69, 9.17) is 10.4 Å². The number of nitrogens with zero attached hydrogens (tertiary/aromatic N) is 1. The van der Waals surface area contributed by atoms with Crippen LogP contribution in [0.4, 0.5) is 8.78 Å². The number of rotatable bonds is 2. The second-order valence-electron chi connectivity index (χ2n) is 1.66. The van der Waals surface area contributed by atoms with Gasteiger partial charge in [0.15, 0.2) is 11.3 Å². The summed E-state index contributed by atoms with van der Waals surface area (Å²) in [7, 11) is 0.915. The molecule has 0 aromatic carbocycles. The Labute approximate surface area is 96.6 Å². The van der Waals surface area contributed by atoms with Gasteiger partial charge in [0.1, 0.15) is 6.07 Å². The molecule has 0 saturated heterocycles. The smallest absolute Gasteiger partial charge is 1.00 e. The van der Waals surface area contributed by atoms with Crippen LogP contribution in [0.3, 0.4) is 0 Å². The fraction of sp³-hybridized carbons (Fsp3) is 0.333. The van der Waals surface area contributed by atoms with Crippen molar-refractivity contribution in [3.63, 3.8) is 0 Å². The molecule has 0 amide bonds. The fourth-order valence-electron chi connectivity index (χ4n) is 0.419. The van der Waals surface area contributed by atoms with Crippen molar-refractivity contribution in [3.8, 4) is 6.07 Å². The Kier molecular flexibility index (Phi) is 7.81. The second kappa shape index (κ2) is 6.83. The summed E-state index contributed by atoms with van der Waals surface area (Å²) in [5.74, 6) is -2.85. The van der Waals surface area contributed by atoms with Gasteiger partial charge in [0, 0.05) is 0 Å². The number of methoxy groups -OCH3 is 1. The summed E-state index contributed by atoms with van der Waals surface area (Å²) in [6.45, 7) is 0. The van der Waals surface area contributed by atoms with Crippen molar-refractivity contribution in [1.29, 1.82) is 5.26 Å². The van der Waals surface area contributed by atoms with Crippen LogP contribution in [0, 0.1) is 11.3 Å². The average Bonchev–Trinajstić information content (AvgIpc) is 2.05. The Bertz CT molecular complexity index is 264. The third-order valence-electron chi connectivity index (χ3n) is 0.964. The molecule has 0 rings (SSSR count). The Morgan fingerprint density at radius 3 is 2.38 bits per heavy atom. The van der Waals surface area contributed by atoms with Crippen molar-refractivity contribution >= 4 is 5.97 Å². The van der Waals surface area contributed by atoms with E-state index in [-0.39, 0.29) is 31.0 Å². The number of hydrogen-bond donors (Lipinski definition) is 1. The van der Waals surface area contributed by atoms with Crippen LogP contribution < -0.4 is 29.6 Å². The van der Waals surface area contributed by atoms with E-state index in [2.05, 4.69) is 4.74 Å². The van der Waals surface area contributed by atoms with Gasteiger partial charge in [-0.2, -0.15) is 5.26 Å². The Hall–Kier alpha value is -0.640. The first-order valence-corrected chi connectivity index (χ1v) is 2.74. The Morgan fingerprint density at radius 1 is 1.69 bits per heavy atom. The van der Waals surface area contributed by atoms with Gasteiger partial charge in [-0.05, 0) is 0 Å². The summed E-state index contributed by atoms with van der Waals surface area (Å²) in [5, 5.41) is 16.6. The summed E-state index contributed by atoms with van der Waals surface area (Å²) in [6.07, 6.45) is -3.25. The minimum atomic E-state index is -3.25. The minimum Gasteiger partial charge on any atom is -1.00 e. The quantitative estimate of drug-likeness (QED) is 0.182. The van der Waals surface area contributed by atoms with E-state index in [1.54, 1.807) is 0 Å². The van der Waals surface area contributed by atoms with Crippen LogP contribution in [0.5, 0.6) is 0 Å². The monoisotopic (exact) mass is 201 g/mol. The van der Waals surface area contributed by atoms with Gasteiger partial charge in [0.2, 0.25) is 0 Å². The molecule has 68 valence electrons. The molecule has 0 atom stereocenters. The van der Waals surface area contributed by atoms with E-state index in [9.17, 15) is 13.6 Å². The van der Waals surface area contributed by atoms with Gasteiger partial charge < -0.3 is 11.3 Å². The maximum atomic E-state index is 11.7. The zero-order valence-electron chi connectivity index (χ0n) is 8.04. The van der Waals surface area contributed by atoms with Crippen LogP contribution in [0.1, 0.15) is 1.43 Å². The number of alkyl halides is 2. The van der Waals surface area contributed by atoms with Gasteiger partial charge in [-0.15, -0.1) is 0 Å². The van der Waals surface area contributed by atoms with Crippen LogP contribution in [0.15, 0.2) is 11.3 Å². The standard InChI is InChI=1S/C6H5F2NO3.Na.H/c1-12-6(11)3(2-9)4(10)5(7)8;;/h5,10H,1H3;;/q;+1;-1. The van der Waals surface area contributed by atoms with Gasteiger partial charge in [0.25, 0.3) is 6.43 Å². The van der Waals surface area contributed by atoms with E-state index >= 15 is 0 Å². The SMILES string of the molecule is COC(=O)C(C#N)=C(O)C(F)F.[H-].[Na+]. The van der Waals surface area contributed by atoms with E-state index in [1.165, 1.54) is 0 Å². The Morgan fingerprint density at radius 2 is 2.15 bits per heavy atom. The summed E-state index contributed by atoms with van der Waals surface area (Å²) >= 11 is 0. The minimum absolute atomic E-state index is 0. The predicted molar refractivity (Wildman–Crippen MR) is 34.4 cm³/mol. The van der Waals surface area contributed by atoms with Crippen LogP contribution in [-0.2, 0) is 9.53 Å². The molecule has 0 heterocycles. The first kappa shape index (κ1) is 14.9. The number of nitriles is 1. The zero-order valence-corrected chi connectivity index (χ0v) is 9.04. The molecule has 0 saturated carbocycles. The van der Waals surface area contributed by atoms with E-state index in [0.29, 0.717) is 0 Å². The predicted octanol–water partition coefficient (Wildman–Crippen LogP) is -2.12. The van der Waals surface area contributed by atoms with Gasteiger partial charge >= 0.3 is 35.5 Å². The van der Waals surface area contributed by atoms with Crippen molar-refractivity contribution in [3.05, 3.63) is 11.3 Å². The fourth-order valence-corrected chi connectivity index (χ4v) is 0.419. The molecule has 0 bridgehead atoms. The number of halogens is 2. The van der Waals surface area contributed by atoms with E-state index in [1.807, 2.05) is 0 Å². The van der Waals surface area contributed by atoms with Crippen molar-refractivity contribution < 1.29 is 54.4 Å². The maximum Gasteiger partial charge on any atom is 1.00 e. The normalized spacial score (nSPS) is 11.0. The van der Waals surface area contributed by atoms with Crippen LogP contribution in [0.25, 0.3) is 0 Å². The molecule has 0 unspecified atom stereocenters. The van der Waals surface area contributed by atoms with Crippen LogP contribution in [-0.4, -0.2) is 24.6 Å². The third kappa shape index (κ3) is 4.22. The summed E-state index contributed by atoms with van der Waals surface area (Å²) in [6, 6.07) is 1.11. The third-order valence-corrected chi connectivity index (χ3v) is 0.964. The number of aliphatic hydroxyl groups is 1. The summed E-state index contributed by atoms with van der Waals surface area (Å²) in [4.78, 5) is 10.5. The number of carbonyl (C=O) groups excluding carboxylic acids is 1. The number of carbonyl (C=O) groups is 1. The molecular weight excluding hydrogens is 195 g/mol. The molecule has 0 aliphatic rings. The summed E-state index contributed by atoms with van der Waals surface area (Å²) in [5.41, 5.74) is -1.08. The van der Waals surface area contributed by atoms with Gasteiger partial charge in [0.05, 0.1) is 7.11 Å². The number of allylic oxidation sites excluding steroid dienone is 1. The van der Waals surface area contributed by atoms with Crippen molar-refractivity contribution in [2.75, 3.05) is 7.11 Å². The molecular formula is C6H6F2NNaO3. The Balaban J connectivity index is -0.000000605. The maximum absolute atomic E-state index is 11.7. The number of esters is 1. The molecule has 0 aromatic rings. The number of hydrogen-bond acceptors (Lipinski definition) is 4. The van der Waals surface area contributed by atoms with E-state index in [0.717, 1.165) is 13.2 Å². The van der Waals surface area contributed by atoms with Gasteiger partial charge in [-0.25, -0.2) is 13.6 Å². The largest absolute Gasteiger partial charge is 1.00 e. The molecule has 0 fully saturated rings.